The number of methoxy groups -OCH3 is 1. The van der Waals surface area contributed by atoms with Gasteiger partial charge in [-0.3, -0.25) is 9.59 Å². The van der Waals surface area contributed by atoms with E-state index in [1.165, 1.54) is 30.1 Å². The van der Waals surface area contributed by atoms with Crippen LogP contribution in [0.25, 0.3) is 22.3 Å². The molecule has 0 bridgehead atoms. The molecular weight excluding hydrogens is 387 g/mol. The largest absolute Gasteiger partial charge is 0.495 e. The zero-order valence-corrected chi connectivity index (χ0v) is 16.1. The van der Waals surface area contributed by atoms with Crippen LogP contribution in [0.5, 0.6) is 5.75 Å². The molecule has 5 rings (SSSR count). The maximum atomic E-state index is 13.5. The van der Waals surface area contributed by atoms with E-state index in [9.17, 15) is 14.0 Å². The van der Waals surface area contributed by atoms with Crippen LogP contribution in [0.2, 0.25) is 0 Å². The van der Waals surface area contributed by atoms with E-state index in [1.54, 1.807) is 43.4 Å². The molecule has 0 fully saturated rings. The minimum Gasteiger partial charge on any atom is -0.495 e. The Labute approximate surface area is 170 Å². The number of hydrogen-bond acceptors (Lipinski definition) is 5. The molecule has 30 heavy (non-hydrogen) atoms. The Morgan fingerprint density at radius 2 is 1.73 bits per heavy atom. The summed E-state index contributed by atoms with van der Waals surface area (Å²) in [5.74, 6) is -0.942. The molecule has 0 saturated carbocycles. The first-order valence-electron chi connectivity index (χ1n) is 9.14. The van der Waals surface area contributed by atoms with Crippen molar-refractivity contribution in [2.75, 3.05) is 12.0 Å². The molecule has 1 aliphatic heterocycles. The van der Waals surface area contributed by atoms with E-state index in [1.807, 2.05) is 0 Å². The fourth-order valence-corrected chi connectivity index (χ4v) is 3.77. The normalized spacial score (nSPS) is 13.2. The van der Waals surface area contributed by atoms with Crippen molar-refractivity contribution >= 4 is 28.5 Å². The fraction of sp³-hybridized carbons (Fsp3) is 0.0909. The van der Waals surface area contributed by atoms with Crippen molar-refractivity contribution in [3.8, 4) is 17.0 Å². The number of carbonyl (C=O) groups is 2. The molecule has 0 unspecified atom stereocenters. The van der Waals surface area contributed by atoms with E-state index >= 15 is 0 Å². The summed E-state index contributed by atoms with van der Waals surface area (Å²) >= 11 is 0. The Morgan fingerprint density at radius 3 is 2.47 bits per heavy atom. The van der Waals surface area contributed by atoms with Crippen LogP contribution in [0.3, 0.4) is 0 Å². The van der Waals surface area contributed by atoms with Crippen LogP contribution in [0.15, 0.2) is 54.7 Å². The number of anilines is 1. The molecule has 0 aliphatic carbocycles. The van der Waals surface area contributed by atoms with Gasteiger partial charge in [-0.15, -0.1) is 0 Å². The second-order valence-corrected chi connectivity index (χ2v) is 6.84. The van der Waals surface area contributed by atoms with Crippen molar-refractivity contribution in [2.24, 2.45) is 7.05 Å². The lowest BCUT2D eigenvalue weighted by atomic mass is 10.0. The van der Waals surface area contributed by atoms with Crippen LogP contribution in [0.1, 0.15) is 20.7 Å². The smallest absolute Gasteiger partial charge is 0.267 e. The van der Waals surface area contributed by atoms with Crippen LogP contribution in [-0.2, 0) is 7.05 Å². The number of para-hydroxylation sites is 2. The summed E-state index contributed by atoms with van der Waals surface area (Å²) in [6, 6.07) is 12.6. The van der Waals surface area contributed by atoms with Gasteiger partial charge in [-0.05, 0) is 36.4 Å². The molecule has 3 heterocycles. The van der Waals surface area contributed by atoms with E-state index in [0.717, 1.165) is 4.90 Å². The standard InChI is InChI=1S/C22H15FN4O3/c1-26-20-18(19(25-26)12-7-9-13(23)10-8-12)17-14(11-24-20)21(28)27(22(17)29)15-5-3-4-6-16(15)30-2/h3-11H,1-2H3. The highest BCUT2D eigenvalue weighted by Gasteiger charge is 2.41. The predicted octanol–water partition coefficient (Wildman–Crippen LogP) is 3.58. The SMILES string of the molecule is COc1ccccc1N1C(=O)c2cnc3c(c(-c4ccc(F)cc4)nn3C)c2C1=O. The number of pyridine rings is 1. The highest BCUT2D eigenvalue weighted by Crippen LogP contribution is 2.39. The van der Waals surface area contributed by atoms with Crippen molar-refractivity contribution in [1.82, 2.24) is 14.8 Å². The topological polar surface area (TPSA) is 77.3 Å². The number of carbonyl (C=O) groups excluding carboxylic acids is 2. The molecule has 0 radical (unpaired) electrons. The minimum atomic E-state index is -0.484. The third-order valence-corrected chi connectivity index (χ3v) is 5.15. The number of halogens is 1. The van der Waals surface area contributed by atoms with Crippen LogP contribution in [-0.4, -0.2) is 33.7 Å². The lowest BCUT2D eigenvalue weighted by Gasteiger charge is -2.16. The summed E-state index contributed by atoms with van der Waals surface area (Å²) in [6.07, 6.45) is 1.39. The number of hydrogen-bond donors (Lipinski definition) is 0. The molecule has 0 spiro atoms. The van der Waals surface area contributed by atoms with Crippen molar-refractivity contribution < 1.29 is 18.7 Å². The Kier molecular flexibility index (Phi) is 3.89. The molecule has 4 aromatic rings. The van der Waals surface area contributed by atoms with Gasteiger partial charge < -0.3 is 4.74 Å². The van der Waals surface area contributed by atoms with Gasteiger partial charge in [0, 0.05) is 18.8 Å². The summed E-state index contributed by atoms with van der Waals surface area (Å²) in [7, 11) is 3.18. The van der Waals surface area contributed by atoms with Gasteiger partial charge in [-0.2, -0.15) is 5.10 Å². The number of benzene rings is 2. The first-order chi connectivity index (χ1) is 14.5. The van der Waals surface area contributed by atoms with Gasteiger partial charge in [0.15, 0.2) is 5.65 Å². The van der Waals surface area contributed by atoms with Crippen LogP contribution in [0.4, 0.5) is 10.1 Å². The Balaban J connectivity index is 1.76. The zero-order valence-electron chi connectivity index (χ0n) is 16.1. The highest BCUT2D eigenvalue weighted by molar-refractivity contribution is 6.38. The summed E-state index contributed by atoms with van der Waals surface area (Å²) in [6.45, 7) is 0. The summed E-state index contributed by atoms with van der Waals surface area (Å²) in [5, 5.41) is 4.94. The number of fused-ring (bicyclic) bond motifs is 3. The molecule has 7 nitrogen and oxygen atoms in total. The van der Waals surface area contributed by atoms with Gasteiger partial charge in [0.05, 0.1) is 29.3 Å². The molecule has 0 N–H and O–H groups in total. The van der Waals surface area contributed by atoms with Crippen LogP contribution in [0, 0.1) is 5.82 Å². The lowest BCUT2D eigenvalue weighted by molar-refractivity contribution is 0.0925. The summed E-state index contributed by atoms with van der Waals surface area (Å²) in [5.41, 5.74) is 2.30. The molecule has 0 atom stereocenters. The first-order valence-corrected chi connectivity index (χ1v) is 9.14. The molecule has 2 aromatic carbocycles. The fourth-order valence-electron chi connectivity index (χ4n) is 3.77. The van der Waals surface area contributed by atoms with Crippen molar-refractivity contribution in [3.63, 3.8) is 0 Å². The zero-order chi connectivity index (χ0) is 21.0. The van der Waals surface area contributed by atoms with Crippen molar-refractivity contribution in [2.45, 2.75) is 0 Å². The third-order valence-electron chi connectivity index (χ3n) is 5.15. The first kappa shape index (κ1) is 18.0. The molecule has 8 heteroatoms. The molecule has 1 aliphatic rings. The van der Waals surface area contributed by atoms with E-state index in [0.29, 0.717) is 33.7 Å². The number of ether oxygens (including phenoxy) is 1. The number of amides is 2. The van der Waals surface area contributed by atoms with E-state index in [-0.39, 0.29) is 16.9 Å². The lowest BCUT2D eigenvalue weighted by Crippen LogP contribution is -2.29. The Bertz CT molecular complexity index is 1340. The van der Waals surface area contributed by atoms with Crippen molar-refractivity contribution in [1.29, 1.82) is 0 Å². The van der Waals surface area contributed by atoms with Crippen molar-refractivity contribution in [3.05, 3.63) is 71.7 Å². The predicted molar refractivity (Wildman–Crippen MR) is 108 cm³/mol. The number of rotatable bonds is 3. The average molecular weight is 402 g/mol. The van der Waals surface area contributed by atoms with E-state index < -0.39 is 11.8 Å². The van der Waals surface area contributed by atoms with E-state index in [4.69, 9.17) is 4.74 Å². The van der Waals surface area contributed by atoms with Gasteiger partial charge in [0.25, 0.3) is 11.8 Å². The van der Waals surface area contributed by atoms with Gasteiger partial charge in [-0.1, -0.05) is 12.1 Å². The number of imide groups is 1. The van der Waals surface area contributed by atoms with Gasteiger partial charge in [0.2, 0.25) is 0 Å². The molecular formula is C22H15FN4O3. The quantitative estimate of drug-likeness (QED) is 0.490. The van der Waals surface area contributed by atoms with Crippen LogP contribution >= 0.6 is 0 Å². The van der Waals surface area contributed by atoms with Crippen LogP contribution < -0.4 is 9.64 Å². The number of nitrogens with zero attached hydrogens (tertiary/aromatic N) is 4. The molecule has 148 valence electrons. The maximum absolute atomic E-state index is 13.5. The molecule has 0 saturated heterocycles. The average Bonchev–Trinajstić information content (AvgIpc) is 3.22. The number of aromatic nitrogens is 3. The highest BCUT2D eigenvalue weighted by atomic mass is 19.1. The maximum Gasteiger partial charge on any atom is 0.267 e. The number of aryl methyl sites for hydroxylation is 1. The Hall–Kier alpha value is -4.07. The summed E-state index contributed by atoms with van der Waals surface area (Å²) < 4.78 is 20.3. The second-order valence-electron chi connectivity index (χ2n) is 6.84. The Morgan fingerprint density at radius 1 is 1.00 bits per heavy atom. The third kappa shape index (κ3) is 2.43. The van der Waals surface area contributed by atoms with Gasteiger partial charge in [0.1, 0.15) is 17.3 Å². The molecule has 2 aromatic heterocycles. The molecule has 2 amide bonds. The minimum absolute atomic E-state index is 0.190. The van der Waals surface area contributed by atoms with Gasteiger partial charge in [-0.25, -0.2) is 19.0 Å². The monoisotopic (exact) mass is 402 g/mol. The second kappa shape index (κ2) is 6.48. The summed E-state index contributed by atoms with van der Waals surface area (Å²) in [4.78, 5) is 32.1. The van der Waals surface area contributed by atoms with E-state index in [2.05, 4.69) is 10.1 Å². The van der Waals surface area contributed by atoms with Gasteiger partial charge >= 0.3 is 0 Å².